The molecule has 19 heavy (non-hydrogen) atoms. The van der Waals surface area contributed by atoms with Gasteiger partial charge in [-0.15, -0.1) is 0 Å². The molecule has 0 amide bonds. The molecule has 0 fully saturated rings. The maximum atomic E-state index is 11.4. The highest BCUT2D eigenvalue weighted by atomic mass is 16.4. The molecule has 1 heterocycles. The van der Waals surface area contributed by atoms with Crippen LogP contribution in [-0.4, -0.2) is 21.0 Å². The summed E-state index contributed by atoms with van der Waals surface area (Å²) in [5.41, 5.74) is 0.214. The Labute approximate surface area is 115 Å². The van der Waals surface area contributed by atoms with Gasteiger partial charge < -0.3 is 5.11 Å². The third kappa shape index (κ3) is 3.52. The summed E-state index contributed by atoms with van der Waals surface area (Å²) in [5, 5.41) is 9.38. The molecule has 4 nitrogen and oxygen atoms in total. The normalized spacial score (nSPS) is 14.2. The summed E-state index contributed by atoms with van der Waals surface area (Å²) < 4.78 is 0. The summed E-state index contributed by atoms with van der Waals surface area (Å²) in [7, 11) is 0. The monoisotopic (exact) mass is 264 g/mol. The first-order chi connectivity index (χ1) is 8.59. The molecule has 0 radical (unpaired) electrons. The first-order valence-electron chi connectivity index (χ1n) is 6.65. The van der Waals surface area contributed by atoms with Crippen molar-refractivity contribution in [1.82, 2.24) is 9.97 Å². The van der Waals surface area contributed by atoms with E-state index in [1.807, 2.05) is 20.8 Å². The first-order valence-corrected chi connectivity index (χ1v) is 6.65. The lowest BCUT2D eigenvalue weighted by atomic mass is 9.77. The molecule has 0 aliphatic heterocycles. The number of nitrogens with zero attached hydrogens (tertiary/aromatic N) is 2. The topological polar surface area (TPSA) is 63.1 Å². The number of hydrogen-bond donors (Lipinski definition) is 1. The Bertz CT molecular complexity index is 444. The SMILES string of the molecule is CCC(C)(C)c1ncc(C(C(=O)O)C(C)(C)C)cn1. The summed E-state index contributed by atoms with van der Waals surface area (Å²) in [6, 6.07) is 0. The van der Waals surface area contributed by atoms with Crippen LogP contribution in [0.5, 0.6) is 0 Å². The number of carboxylic acid groups (broad SMARTS) is 1. The molecule has 0 saturated carbocycles. The van der Waals surface area contributed by atoms with E-state index in [1.54, 1.807) is 12.4 Å². The lowest BCUT2D eigenvalue weighted by Gasteiger charge is -2.27. The van der Waals surface area contributed by atoms with E-state index in [0.717, 1.165) is 12.2 Å². The van der Waals surface area contributed by atoms with Gasteiger partial charge in [-0.1, -0.05) is 41.5 Å². The lowest BCUT2D eigenvalue weighted by Crippen LogP contribution is -2.27. The van der Waals surface area contributed by atoms with E-state index in [1.165, 1.54) is 0 Å². The van der Waals surface area contributed by atoms with Gasteiger partial charge in [0.2, 0.25) is 0 Å². The Kier molecular flexibility index (Phi) is 4.33. The third-order valence-electron chi connectivity index (χ3n) is 3.61. The highest BCUT2D eigenvalue weighted by molar-refractivity contribution is 5.76. The molecule has 4 heteroatoms. The van der Waals surface area contributed by atoms with Crippen molar-refractivity contribution in [3.63, 3.8) is 0 Å². The lowest BCUT2D eigenvalue weighted by molar-refractivity contribution is -0.141. The van der Waals surface area contributed by atoms with E-state index in [-0.39, 0.29) is 10.8 Å². The summed E-state index contributed by atoms with van der Waals surface area (Å²) >= 11 is 0. The van der Waals surface area contributed by atoms with Crippen molar-refractivity contribution in [2.45, 2.75) is 59.3 Å². The molecule has 0 bridgehead atoms. The van der Waals surface area contributed by atoms with E-state index in [2.05, 4.69) is 30.7 Å². The van der Waals surface area contributed by atoms with Crippen molar-refractivity contribution in [3.8, 4) is 0 Å². The first kappa shape index (κ1) is 15.6. The van der Waals surface area contributed by atoms with E-state index in [4.69, 9.17) is 0 Å². The van der Waals surface area contributed by atoms with Crippen LogP contribution in [0.3, 0.4) is 0 Å². The standard InChI is InChI=1S/C15H24N2O2/c1-7-15(5,6)13-16-8-10(9-17-13)11(12(18)19)14(2,3)4/h8-9,11H,7H2,1-6H3,(H,18,19). The van der Waals surface area contributed by atoms with Crippen LogP contribution in [0.2, 0.25) is 0 Å². The van der Waals surface area contributed by atoms with Gasteiger partial charge in [-0.3, -0.25) is 4.79 Å². The zero-order valence-corrected chi connectivity index (χ0v) is 12.7. The van der Waals surface area contributed by atoms with Crippen molar-refractivity contribution in [3.05, 3.63) is 23.8 Å². The van der Waals surface area contributed by atoms with Gasteiger partial charge in [0.15, 0.2) is 0 Å². The zero-order valence-electron chi connectivity index (χ0n) is 12.7. The second-order valence-corrected chi connectivity index (χ2v) is 6.71. The second-order valence-electron chi connectivity index (χ2n) is 6.71. The summed E-state index contributed by atoms with van der Waals surface area (Å²) in [4.78, 5) is 20.2. The highest BCUT2D eigenvalue weighted by Gasteiger charge is 2.33. The second kappa shape index (κ2) is 5.27. The maximum Gasteiger partial charge on any atom is 0.311 e. The van der Waals surface area contributed by atoms with Crippen LogP contribution in [0.1, 0.15) is 65.3 Å². The minimum atomic E-state index is -0.835. The molecule has 1 aromatic heterocycles. The van der Waals surface area contributed by atoms with Gasteiger partial charge in [-0.05, 0) is 11.8 Å². The Morgan fingerprint density at radius 3 is 2.00 bits per heavy atom. The van der Waals surface area contributed by atoms with E-state index in [9.17, 15) is 9.90 Å². The molecular formula is C15H24N2O2. The van der Waals surface area contributed by atoms with E-state index in [0.29, 0.717) is 5.56 Å². The van der Waals surface area contributed by atoms with E-state index >= 15 is 0 Å². The molecule has 0 aliphatic carbocycles. The number of aliphatic carboxylic acids is 1. The Morgan fingerprint density at radius 1 is 1.21 bits per heavy atom. The summed E-state index contributed by atoms with van der Waals surface area (Å²) in [6.07, 6.45) is 4.25. The quantitative estimate of drug-likeness (QED) is 0.905. The zero-order chi connectivity index (χ0) is 14.8. The summed E-state index contributed by atoms with van der Waals surface area (Å²) in [6.45, 7) is 12.0. The molecule has 1 rings (SSSR count). The van der Waals surface area contributed by atoms with Crippen LogP contribution in [0.4, 0.5) is 0 Å². The van der Waals surface area contributed by atoms with Gasteiger partial charge in [0.25, 0.3) is 0 Å². The Balaban J connectivity index is 3.14. The van der Waals surface area contributed by atoms with Gasteiger partial charge in [0, 0.05) is 23.4 Å². The van der Waals surface area contributed by atoms with Gasteiger partial charge in [-0.25, -0.2) is 9.97 Å². The van der Waals surface area contributed by atoms with Crippen molar-refractivity contribution < 1.29 is 9.90 Å². The van der Waals surface area contributed by atoms with Crippen LogP contribution in [0, 0.1) is 5.41 Å². The van der Waals surface area contributed by atoms with Crippen LogP contribution in [0.15, 0.2) is 12.4 Å². The van der Waals surface area contributed by atoms with Crippen LogP contribution in [0.25, 0.3) is 0 Å². The molecule has 0 aliphatic rings. The molecular weight excluding hydrogens is 240 g/mol. The smallest absolute Gasteiger partial charge is 0.311 e. The van der Waals surface area contributed by atoms with Gasteiger partial charge >= 0.3 is 5.97 Å². The molecule has 1 atom stereocenters. The van der Waals surface area contributed by atoms with Crippen LogP contribution < -0.4 is 0 Å². The minimum absolute atomic E-state index is 0.0843. The Hall–Kier alpha value is -1.45. The number of hydrogen-bond acceptors (Lipinski definition) is 3. The Morgan fingerprint density at radius 2 is 1.68 bits per heavy atom. The van der Waals surface area contributed by atoms with Crippen molar-refractivity contribution >= 4 is 5.97 Å². The number of carboxylic acids is 1. The molecule has 106 valence electrons. The maximum absolute atomic E-state index is 11.4. The third-order valence-corrected chi connectivity index (χ3v) is 3.61. The predicted molar refractivity (Wildman–Crippen MR) is 75.2 cm³/mol. The van der Waals surface area contributed by atoms with Crippen LogP contribution in [-0.2, 0) is 10.2 Å². The molecule has 1 aromatic rings. The number of rotatable bonds is 4. The van der Waals surface area contributed by atoms with Crippen molar-refractivity contribution in [2.75, 3.05) is 0 Å². The van der Waals surface area contributed by atoms with Crippen molar-refractivity contribution in [2.24, 2.45) is 5.41 Å². The highest BCUT2D eigenvalue weighted by Crippen LogP contribution is 2.35. The van der Waals surface area contributed by atoms with Gasteiger partial charge in [0.05, 0.1) is 5.92 Å². The minimum Gasteiger partial charge on any atom is -0.481 e. The van der Waals surface area contributed by atoms with Gasteiger partial charge in [0.1, 0.15) is 5.82 Å². The van der Waals surface area contributed by atoms with Crippen molar-refractivity contribution in [1.29, 1.82) is 0 Å². The van der Waals surface area contributed by atoms with Gasteiger partial charge in [-0.2, -0.15) is 0 Å². The predicted octanol–water partition coefficient (Wildman–Crippen LogP) is 3.38. The average Bonchev–Trinajstić information content (AvgIpc) is 2.27. The fraction of sp³-hybridized carbons (Fsp3) is 0.667. The summed E-state index contributed by atoms with van der Waals surface area (Å²) in [5.74, 6) is -0.665. The molecule has 0 aromatic carbocycles. The average molecular weight is 264 g/mol. The van der Waals surface area contributed by atoms with Crippen LogP contribution >= 0.6 is 0 Å². The fourth-order valence-electron chi connectivity index (χ4n) is 2.01. The fourth-order valence-corrected chi connectivity index (χ4v) is 2.01. The number of aromatic nitrogens is 2. The molecule has 1 unspecified atom stereocenters. The van der Waals surface area contributed by atoms with E-state index < -0.39 is 11.9 Å². The largest absolute Gasteiger partial charge is 0.481 e. The molecule has 0 saturated heterocycles. The molecule has 0 spiro atoms. The molecule has 1 N–H and O–H groups in total. The number of carbonyl (C=O) groups is 1.